The molecular formula is C22H29N6O5+. The average Bonchev–Trinajstić information content (AvgIpc) is 3.51. The summed E-state index contributed by atoms with van der Waals surface area (Å²) in [5.41, 5.74) is 6.47. The molecule has 4 rings (SSSR count). The fraction of sp³-hybridized carbons (Fsp3) is 0.455. The van der Waals surface area contributed by atoms with Gasteiger partial charge in [0.25, 0.3) is 0 Å². The van der Waals surface area contributed by atoms with Crippen LogP contribution in [-0.2, 0) is 11.3 Å². The number of carbonyl (C=O) groups excluding carboxylic acids is 1. The topological polar surface area (TPSA) is 132 Å². The molecule has 1 saturated heterocycles. The first kappa shape index (κ1) is 22.6. The molecule has 1 fully saturated rings. The summed E-state index contributed by atoms with van der Waals surface area (Å²) in [5.74, 6) is 2.67. The van der Waals surface area contributed by atoms with Crippen LogP contribution >= 0.6 is 0 Å². The van der Waals surface area contributed by atoms with E-state index in [0.29, 0.717) is 42.5 Å². The third-order valence-electron chi connectivity index (χ3n) is 6.16. The Morgan fingerprint density at radius 1 is 1.21 bits per heavy atom. The molecule has 3 aromatic rings. The zero-order valence-corrected chi connectivity index (χ0v) is 19.0. The molecule has 0 radical (unpaired) electrons. The number of methoxy groups -OCH3 is 3. The van der Waals surface area contributed by atoms with Gasteiger partial charge in [-0.15, -0.1) is 5.10 Å². The standard InChI is InChI=1S/C22H28N6O5/c1-30-17-11-15(12-18(31-2)20(17)32-3)19(27-8-6-14(7-9-27)21(23)29)22-24-25-26-28(22)13-16-5-4-10-33-16/h4-5,10-12,14,19H,6-9,13H2,1-3H3,(H2,23,29)/p+1/t19-/m0/s1. The second-order valence-electron chi connectivity index (χ2n) is 8.00. The molecular weight excluding hydrogens is 428 g/mol. The summed E-state index contributed by atoms with van der Waals surface area (Å²) in [6.45, 7) is 1.87. The van der Waals surface area contributed by atoms with Gasteiger partial charge >= 0.3 is 0 Å². The van der Waals surface area contributed by atoms with E-state index in [2.05, 4.69) is 15.5 Å². The van der Waals surface area contributed by atoms with E-state index in [1.807, 2.05) is 24.3 Å². The molecule has 0 bridgehead atoms. The molecule has 0 saturated carbocycles. The largest absolute Gasteiger partial charge is 0.493 e. The number of nitrogens with two attached hydrogens (primary N) is 1. The van der Waals surface area contributed by atoms with Crippen LogP contribution in [0.25, 0.3) is 0 Å². The Balaban J connectivity index is 1.77. The van der Waals surface area contributed by atoms with Crippen LogP contribution in [0, 0.1) is 5.92 Å². The van der Waals surface area contributed by atoms with Crippen LogP contribution in [0.1, 0.15) is 36.0 Å². The van der Waals surface area contributed by atoms with Crippen molar-refractivity contribution in [2.45, 2.75) is 25.4 Å². The minimum Gasteiger partial charge on any atom is -0.493 e. The molecule has 1 aliphatic rings. The number of aromatic nitrogens is 4. The number of tetrazole rings is 1. The zero-order valence-electron chi connectivity index (χ0n) is 19.0. The first-order valence-electron chi connectivity index (χ1n) is 10.8. The third kappa shape index (κ3) is 4.63. The van der Waals surface area contributed by atoms with Gasteiger partial charge in [0.2, 0.25) is 17.5 Å². The lowest BCUT2D eigenvalue weighted by molar-refractivity contribution is -0.931. The summed E-state index contributed by atoms with van der Waals surface area (Å²) in [4.78, 5) is 12.9. The fourth-order valence-corrected chi connectivity index (χ4v) is 4.48. The molecule has 0 unspecified atom stereocenters. The first-order chi connectivity index (χ1) is 16.0. The molecule has 11 nitrogen and oxygen atoms in total. The Morgan fingerprint density at radius 2 is 1.91 bits per heavy atom. The average molecular weight is 458 g/mol. The normalized spacial score (nSPS) is 19.1. The number of piperidine rings is 1. The zero-order chi connectivity index (χ0) is 23.4. The van der Waals surface area contributed by atoms with E-state index in [0.717, 1.165) is 24.4 Å². The minimum absolute atomic E-state index is 0.117. The predicted octanol–water partition coefficient (Wildman–Crippen LogP) is 0.210. The number of carbonyl (C=O) groups is 1. The molecule has 2 aromatic heterocycles. The second kappa shape index (κ2) is 9.90. The molecule has 3 N–H and O–H groups in total. The number of primary amides is 1. The van der Waals surface area contributed by atoms with E-state index in [1.54, 1.807) is 32.3 Å². The number of nitrogens with zero attached hydrogens (tertiary/aromatic N) is 4. The molecule has 3 heterocycles. The number of benzene rings is 1. The van der Waals surface area contributed by atoms with Crippen molar-refractivity contribution in [3.63, 3.8) is 0 Å². The van der Waals surface area contributed by atoms with Gasteiger partial charge in [0.15, 0.2) is 17.5 Å². The minimum atomic E-state index is -0.249. The van der Waals surface area contributed by atoms with E-state index in [-0.39, 0.29) is 17.9 Å². The van der Waals surface area contributed by atoms with E-state index >= 15 is 0 Å². The highest BCUT2D eigenvalue weighted by molar-refractivity contribution is 5.76. The maximum absolute atomic E-state index is 11.7. The Bertz CT molecular complexity index is 1050. The lowest BCUT2D eigenvalue weighted by Crippen LogP contribution is -3.13. The monoisotopic (exact) mass is 457 g/mol. The maximum atomic E-state index is 11.7. The summed E-state index contributed by atoms with van der Waals surface area (Å²) in [6.07, 6.45) is 3.02. The predicted molar refractivity (Wildman–Crippen MR) is 116 cm³/mol. The van der Waals surface area contributed by atoms with Gasteiger partial charge in [0.1, 0.15) is 12.3 Å². The van der Waals surface area contributed by atoms with Crippen LogP contribution in [0.5, 0.6) is 17.2 Å². The SMILES string of the molecule is COc1cc([C@@H](c2nnnn2Cc2ccco2)[NH+]2CCC(C(N)=O)CC2)cc(OC)c1OC. The molecule has 1 aliphatic heterocycles. The second-order valence-corrected chi connectivity index (χ2v) is 8.00. The van der Waals surface area contributed by atoms with Gasteiger partial charge in [-0.05, 0) is 34.7 Å². The van der Waals surface area contributed by atoms with Crippen molar-refractivity contribution < 1.29 is 28.3 Å². The number of nitrogens with one attached hydrogen (secondary N) is 1. The van der Waals surface area contributed by atoms with Gasteiger partial charge in [-0.25, -0.2) is 4.68 Å². The Morgan fingerprint density at radius 3 is 2.45 bits per heavy atom. The fourth-order valence-electron chi connectivity index (χ4n) is 4.48. The van der Waals surface area contributed by atoms with Crippen LogP contribution in [-0.4, -0.2) is 60.5 Å². The van der Waals surface area contributed by atoms with Crippen molar-refractivity contribution in [3.8, 4) is 17.2 Å². The molecule has 1 aromatic carbocycles. The van der Waals surface area contributed by atoms with E-state index in [1.165, 1.54) is 4.90 Å². The number of rotatable bonds is 9. The molecule has 0 aliphatic carbocycles. The summed E-state index contributed by atoms with van der Waals surface area (Å²) in [5, 5.41) is 12.6. The highest BCUT2D eigenvalue weighted by Gasteiger charge is 2.37. The van der Waals surface area contributed by atoms with Gasteiger partial charge in [0, 0.05) is 24.3 Å². The van der Waals surface area contributed by atoms with Crippen LogP contribution in [0.3, 0.4) is 0 Å². The Hall–Kier alpha value is -3.60. The quantitative estimate of drug-likeness (QED) is 0.466. The first-order valence-corrected chi connectivity index (χ1v) is 10.8. The van der Waals surface area contributed by atoms with E-state index in [4.69, 9.17) is 24.4 Å². The van der Waals surface area contributed by atoms with Crippen molar-refractivity contribution in [1.82, 2.24) is 20.2 Å². The molecule has 1 atom stereocenters. The highest BCUT2D eigenvalue weighted by Crippen LogP contribution is 2.40. The lowest BCUT2D eigenvalue weighted by Gasteiger charge is -2.33. The molecule has 1 amide bonds. The van der Waals surface area contributed by atoms with Crippen molar-refractivity contribution >= 4 is 5.91 Å². The van der Waals surface area contributed by atoms with E-state index < -0.39 is 0 Å². The van der Waals surface area contributed by atoms with Crippen molar-refractivity contribution in [3.05, 3.63) is 47.7 Å². The van der Waals surface area contributed by atoms with Crippen molar-refractivity contribution in [2.75, 3.05) is 34.4 Å². The van der Waals surface area contributed by atoms with Gasteiger partial charge < -0.3 is 29.3 Å². The van der Waals surface area contributed by atoms with Crippen LogP contribution in [0.15, 0.2) is 34.9 Å². The summed E-state index contributed by atoms with van der Waals surface area (Å²) < 4.78 is 23.9. The van der Waals surface area contributed by atoms with Gasteiger partial charge in [-0.1, -0.05) is 0 Å². The van der Waals surface area contributed by atoms with Crippen molar-refractivity contribution in [2.24, 2.45) is 11.7 Å². The highest BCUT2D eigenvalue weighted by atomic mass is 16.5. The molecule has 11 heteroatoms. The molecule has 0 spiro atoms. The number of amides is 1. The summed E-state index contributed by atoms with van der Waals surface area (Å²) in [6, 6.07) is 7.31. The number of furan rings is 1. The van der Waals surface area contributed by atoms with Crippen LogP contribution in [0.2, 0.25) is 0 Å². The number of hydrogen-bond donors (Lipinski definition) is 2. The van der Waals surface area contributed by atoms with Gasteiger partial charge in [-0.3, -0.25) is 4.79 Å². The summed E-state index contributed by atoms with van der Waals surface area (Å²) >= 11 is 0. The molecule has 33 heavy (non-hydrogen) atoms. The van der Waals surface area contributed by atoms with Crippen LogP contribution in [0.4, 0.5) is 0 Å². The number of likely N-dealkylation sites (tertiary alicyclic amines) is 1. The van der Waals surface area contributed by atoms with Crippen molar-refractivity contribution in [1.29, 1.82) is 0 Å². The Labute approximate surface area is 191 Å². The summed E-state index contributed by atoms with van der Waals surface area (Å²) in [7, 11) is 4.74. The van der Waals surface area contributed by atoms with Crippen LogP contribution < -0.4 is 24.8 Å². The Kier molecular flexibility index (Phi) is 6.78. The van der Waals surface area contributed by atoms with E-state index in [9.17, 15) is 4.79 Å². The number of ether oxygens (including phenoxy) is 3. The number of hydrogen-bond acceptors (Lipinski definition) is 8. The maximum Gasteiger partial charge on any atom is 0.220 e. The number of quaternary nitrogens is 1. The van der Waals surface area contributed by atoms with Gasteiger partial charge in [0.05, 0.1) is 40.7 Å². The third-order valence-corrected chi connectivity index (χ3v) is 6.16. The molecule has 176 valence electrons. The van der Waals surface area contributed by atoms with Gasteiger partial charge in [-0.2, -0.15) is 0 Å². The lowest BCUT2D eigenvalue weighted by atomic mass is 9.93. The smallest absolute Gasteiger partial charge is 0.220 e.